The summed E-state index contributed by atoms with van der Waals surface area (Å²) < 4.78 is 0. The summed E-state index contributed by atoms with van der Waals surface area (Å²) in [6.07, 6.45) is 0.908. The molecular weight excluding hydrogens is 194 g/mol. The molecule has 0 bridgehead atoms. The van der Waals surface area contributed by atoms with Crippen LogP contribution in [-0.4, -0.2) is 18.0 Å². The summed E-state index contributed by atoms with van der Waals surface area (Å²) in [5.74, 6) is 0. The van der Waals surface area contributed by atoms with E-state index in [1.54, 1.807) is 12.1 Å². The molecule has 0 radical (unpaired) electrons. The van der Waals surface area contributed by atoms with Gasteiger partial charge in [-0.05, 0) is 18.6 Å². The number of aryl methyl sites for hydroxylation is 1. The van der Waals surface area contributed by atoms with Crippen LogP contribution in [0.3, 0.4) is 0 Å². The maximum atomic E-state index is 10.8. The van der Waals surface area contributed by atoms with Crippen molar-refractivity contribution >= 4 is 11.4 Å². The number of nitrogens with zero attached hydrogens (tertiary/aromatic N) is 1. The molecule has 0 amide bonds. The van der Waals surface area contributed by atoms with Crippen LogP contribution < -0.4 is 11.1 Å². The fourth-order valence-corrected chi connectivity index (χ4v) is 1.29. The summed E-state index contributed by atoms with van der Waals surface area (Å²) in [6.45, 7) is 3.38. The van der Waals surface area contributed by atoms with E-state index in [1.165, 1.54) is 0 Å². The van der Waals surface area contributed by atoms with Crippen LogP contribution in [0.2, 0.25) is 0 Å². The van der Waals surface area contributed by atoms with E-state index >= 15 is 0 Å². The minimum Gasteiger partial charge on any atom is -0.379 e. The number of hydrogen-bond acceptors (Lipinski definition) is 3. The quantitative estimate of drug-likeness (QED) is 0.431. The summed E-state index contributed by atoms with van der Waals surface area (Å²) in [5.41, 5.74) is 5.33. The van der Waals surface area contributed by atoms with Crippen LogP contribution in [0.1, 0.15) is 12.0 Å². The summed E-state index contributed by atoms with van der Waals surface area (Å²) in [5, 5.41) is 13.8. The van der Waals surface area contributed by atoms with Crippen molar-refractivity contribution in [1.82, 2.24) is 0 Å². The lowest BCUT2D eigenvalue weighted by molar-refractivity contribution is -0.384. The molecule has 0 saturated carbocycles. The van der Waals surface area contributed by atoms with Crippen molar-refractivity contribution < 1.29 is 10.7 Å². The molecule has 0 aromatic heterocycles. The predicted molar refractivity (Wildman–Crippen MR) is 58.7 cm³/mol. The maximum absolute atomic E-state index is 10.8. The van der Waals surface area contributed by atoms with Crippen molar-refractivity contribution in [2.75, 3.05) is 18.4 Å². The van der Waals surface area contributed by atoms with Crippen LogP contribution in [0, 0.1) is 17.0 Å². The Hall–Kier alpha value is -1.62. The van der Waals surface area contributed by atoms with Gasteiger partial charge >= 0.3 is 0 Å². The zero-order valence-electron chi connectivity index (χ0n) is 8.82. The van der Waals surface area contributed by atoms with Gasteiger partial charge in [-0.15, -0.1) is 0 Å². The number of nitro benzene ring substituents is 1. The standard InChI is InChI=1S/C10H15N3O2/c1-8-3-4-9(12-6-2-5-11)10(7-8)13(14)15/h3-4,7,12H,2,5-6,11H2,1H3/p+1. The average Bonchev–Trinajstić information content (AvgIpc) is 2.20. The molecule has 15 heavy (non-hydrogen) atoms. The monoisotopic (exact) mass is 210 g/mol. The lowest BCUT2D eigenvalue weighted by Gasteiger charge is -2.06. The minimum absolute atomic E-state index is 0.138. The first-order valence-corrected chi connectivity index (χ1v) is 4.93. The van der Waals surface area contributed by atoms with Gasteiger partial charge in [0.05, 0.1) is 11.5 Å². The molecule has 0 aliphatic heterocycles. The molecule has 82 valence electrons. The van der Waals surface area contributed by atoms with Crippen LogP contribution in [-0.2, 0) is 0 Å². The molecule has 0 fully saturated rings. The number of anilines is 1. The largest absolute Gasteiger partial charge is 0.379 e. The Bertz CT molecular complexity index is 353. The van der Waals surface area contributed by atoms with E-state index in [4.69, 9.17) is 0 Å². The molecule has 0 unspecified atom stereocenters. The minimum atomic E-state index is -0.362. The highest BCUT2D eigenvalue weighted by Crippen LogP contribution is 2.24. The van der Waals surface area contributed by atoms with Gasteiger partial charge in [-0.2, -0.15) is 0 Å². The van der Waals surface area contributed by atoms with Gasteiger partial charge in [-0.1, -0.05) is 6.07 Å². The number of nitro groups is 1. The van der Waals surface area contributed by atoms with Crippen molar-refractivity contribution in [3.63, 3.8) is 0 Å². The summed E-state index contributed by atoms with van der Waals surface area (Å²) in [6, 6.07) is 5.18. The second kappa shape index (κ2) is 5.31. The van der Waals surface area contributed by atoms with Crippen molar-refractivity contribution in [1.29, 1.82) is 0 Å². The summed E-state index contributed by atoms with van der Waals surface area (Å²) in [7, 11) is 0. The molecule has 1 rings (SSSR count). The highest BCUT2D eigenvalue weighted by molar-refractivity contribution is 5.62. The van der Waals surface area contributed by atoms with Gasteiger partial charge in [-0.3, -0.25) is 10.1 Å². The van der Waals surface area contributed by atoms with Crippen molar-refractivity contribution in [2.24, 2.45) is 0 Å². The first kappa shape index (κ1) is 11.5. The van der Waals surface area contributed by atoms with Crippen LogP contribution in [0.5, 0.6) is 0 Å². The topological polar surface area (TPSA) is 82.8 Å². The van der Waals surface area contributed by atoms with E-state index in [-0.39, 0.29) is 10.6 Å². The van der Waals surface area contributed by atoms with E-state index in [0.29, 0.717) is 12.2 Å². The molecule has 0 heterocycles. The number of rotatable bonds is 5. The number of hydrogen-bond donors (Lipinski definition) is 2. The average molecular weight is 210 g/mol. The van der Waals surface area contributed by atoms with Crippen LogP contribution in [0.4, 0.5) is 11.4 Å². The zero-order chi connectivity index (χ0) is 11.3. The van der Waals surface area contributed by atoms with Crippen LogP contribution >= 0.6 is 0 Å². The third kappa shape index (κ3) is 3.21. The van der Waals surface area contributed by atoms with E-state index in [9.17, 15) is 10.1 Å². The molecule has 1 aromatic carbocycles. The Balaban J connectivity index is 2.81. The van der Waals surface area contributed by atoms with Gasteiger partial charge < -0.3 is 11.1 Å². The van der Waals surface area contributed by atoms with Gasteiger partial charge in [0.1, 0.15) is 5.69 Å². The van der Waals surface area contributed by atoms with E-state index in [0.717, 1.165) is 18.5 Å². The highest BCUT2D eigenvalue weighted by Gasteiger charge is 2.12. The third-order valence-electron chi connectivity index (χ3n) is 2.09. The summed E-state index contributed by atoms with van der Waals surface area (Å²) >= 11 is 0. The van der Waals surface area contributed by atoms with E-state index in [2.05, 4.69) is 11.1 Å². The lowest BCUT2D eigenvalue weighted by atomic mass is 10.2. The second-order valence-corrected chi connectivity index (χ2v) is 3.41. The number of quaternary nitrogens is 1. The Kier molecular flexibility index (Phi) is 4.05. The van der Waals surface area contributed by atoms with Gasteiger partial charge in [0.25, 0.3) is 5.69 Å². The molecule has 0 spiro atoms. The molecule has 0 saturated heterocycles. The SMILES string of the molecule is Cc1ccc(NCCC[NH3+])c([N+](=O)[O-])c1. The molecular formula is C10H16N3O2+. The van der Waals surface area contributed by atoms with Crippen LogP contribution in [0.25, 0.3) is 0 Å². The smallest absolute Gasteiger partial charge is 0.292 e. The highest BCUT2D eigenvalue weighted by atomic mass is 16.6. The Morgan fingerprint density at radius 2 is 2.27 bits per heavy atom. The summed E-state index contributed by atoms with van der Waals surface area (Å²) in [4.78, 5) is 10.4. The maximum Gasteiger partial charge on any atom is 0.292 e. The molecule has 5 nitrogen and oxygen atoms in total. The van der Waals surface area contributed by atoms with Crippen molar-refractivity contribution in [2.45, 2.75) is 13.3 Å². The molecule has 0 aliphatic carbocycles. The van der Waals surface area contributed by atoms with Crippen molar-refractivity contribution in [3.05, 3.63) is 33.9 Å². The third-order valence-corrected chi connectivity index (χ3v) is 2.09. The Morgan fingerprint density at radius 3 is 2.87 bits per heavy atom. The van der Waals surface area contributed by atoms with Gasteiger partial charge in [-0.25, -0.2) is 0 Å². The Labute approximate surface area is 88.4 Å². The van der Waals surface area contributed by atoms with Crippen LogP contribution in [0.15, 0.2) is 18.2 Å². The molecule has 0 aliphatic rings. The first-order chi connectivity index (χ1) is 7.15. The van der Waals surface area contributed by atoms with Gasteiger partial charge in [0, 0.05) is 19.0 Å². The fourth-order valence-electron chi connectivity index (χ4n) is 1.29. The van der Waals surface area contributed by atoms with E-state index < -0.39 is 0 Å². The molecule has 4 N–H and O–H groups in total. The predicted octanol–water partition coefficient (Wildman–Crippen LogP) is 0.947. The normalized spacial score (nSPS) is 10.0. The zero-order valence-corrected chi connectivity index (χ0v) is 8.82. The lowest BCUT2D eigenvalue weighted by Crippen LogP contribution is -2.50. The second-order valence-electron chi connectivity index (χ2n) is 3.41. The van der Waals surface area contributed by atoms with Gasteiger partial charge in [0.2, 0.25) is 0 Å². The number of benzene rings is 1. The van der Waals surface area contributed by atoms with Gasteiger partial charge in [0.15, 0.2) is 0 Å². The van der Waals surface area contributed by atoms with E-state index in [1.807, 2.05) is 13.0 Å². The molecule has 0 atom stereocenters. The number of nitrogens with one attached hydrogen (secondary N) is 1. The molecule has 1 aromatic rings. The molecule has 5 heteroatoms. The Morgan fingerprint density at radius 1 is 1.53 bits per heavy atom. The van der Waals surface area contributed by atoms with Crippen molar-refractivity contribution in [3.8, 4) is 0 Å². The first-order valence-electron chi connectivity index (χ1n) is 4.93. The fraction of sp³-hybridized carbons (Fsp3) is 0.400.